The first-order valence-corrected chi connectivity index (χ1v) is 4.80. The third-order valence-corrected chi connectivity index (χ3v) is 2.06. The number of halogens is 2. The molecular formula is C10H11ClFNO2. The summed E-state index contributed by atoms with van der Waals surface area (Å²) in [6.45, 7) is 1.58. The zero-order chi connectivity index (χ0) is 11.4. The number of aliphatic hydroxyl groups is 1. The lowest BCUT2D eigenvalue weighted by Gasteiger charge is -2.08. The van der Waals surface area contributed by atoms with Crippen molar-refractivity contribution in [3.05, 3.63) is 34.6 Å². The summed E-state index contributed by atoms with van der Waals surface area (Å²) in [5.41, 5.74) is -0.195. The summed E-state index contributed by atoms with van der Waals surface area (Å²) in [7, 11) is 0. The van der Waals surface area contributed by atoms with E-state index >= 15 is 0 Å². The Balaban J connectivity index is 2.82. The van der Waals surface area contributed by atoms with E-state index < -0.39 is 17.8 Å². The quantitative estimate of drug-likeness (QED) is 0.830. The molecule has 3 nitrogen and oxygen atoms in total. The third-order valence-electron chi connectivity index (χ3n) is 1.75. The Hall–Kier alpha value is -1.13. The van der Waals surface area contributed by atoms with E-state index in [1.165, 1.54) is 19.1 Å². The normalized spacial score (nSPS) is 12.3. The first-order chi connectivity index (χ1) is 7.02. The molecule has 0 saturated carbocycles. The lowest BCUT2D eigenvalue weighted by atomic mass is 10.2. The van der Waals surface area contributed by atoms with Gasteiger partial charge in [-0.2, -0.15) is 0 Å². The molecule has 15 heavy (non-hydrogen) atoms. The fourth-order valence-electron chi connectivity index (χ4n) is 1.04. The molecule has 1 amide bonds. The van der Waals surface area contributed by atoms with Crippen LogP contribution in [0.15, 0.2) is 18.2 Å². The van der Waals surface area contributed by atoms with Crippen LogP contribution in [0.2, 0.25) is 5.02 Å². The number of carbonyl (C=O) groups is 1. The molecule has 0 radical (unpaired) electrons. The van der Waals surface area contributed by atoms with Crippen LogP contribution in [0, 0.1) is 5.82 Å². The topological polar surface area (TPSA) is 49.3 Å². The van der Waals surface area contributed by atoms with Crippen molar-refractivity contribution < 1.29 is 14.3 Å². The zero-order valence-corrected chi connectivity index (χ0v) is 8.88. The van der Waals surface area contributed by atoms with E-state index in [2.05, 4.69) is 5.32 Å². The molecule has 82 valence electrons. The van der Waals surface area contributed by atoms with Crippen molar-refractivity contribution in [3.63, 3.8) is 0 Å². The van der Waals surface area contributed by atoms with Crippen LogP contribution in [0.3, 0.4) is 0 Å². The van der Waals surface area contributed by atoms with Crippen molar-refractivity contribution in [2.24, 2.45) is 0 Å². The SMILES string of the molecule is C[C@H](O)CNC(=O)c1c(F)cccc1Cl. The molecule has 0 aliphatic carbocycles. The molecular weight excluding hydrogens is 221 g/mol. The molecule has 0 fully saturated rings. The highest BCUT2D eigenvalue weighted by Gasteiger charge is 2.15. The minimum absolute atomic E-state index is 0.0538. The molecule has 0 aliphatic rings. The molecule has 0 aliphatic heterocycles. The molecule has 0 unspecified atom stereocenters. The summed E-state index contributed by atoms with van der Waals surface area (Å²) in [6, 6.07) is 4.01. The molecule has 2 N–H and O–H groups in total. The highest BCUT2D eigenvalue weighted by molar-refractivity contribution is 6.33. The summed E-state index contributed by atoms with van der Waals surface area (Å²) in [5.74, 6) is -1.30. The number of nitrogens with one attached hydrogen (secondary N) is 1. The Morgan fingerprint density at radius 1 is 1.67 bits per heavy atom. The fraction of sp³-hybridized carbons (Fsp3) is 0.300. The Morgan fingerprint density at radius 2 is 2.33 bits per heavy atom. The highest BCUT2D eigenvalue weighted by atomic mass is 35.5. The number of amides is 1. The Morgan fingerprint density at radius 3 is 2.87 bits per heavy atom. The lowest BCUT2D eigenvalue weighted by molar-refractivity contribution is 0.0920. The number of hydrogen-bond acceptors (Lipinski definition) is 2. The fourth-order valence-corrected chi connectivity index (χ4v) is 1.29. The van der Waals surface area contributed by atoms with Gasteiger partial charge in [0, 0.05) is 6.54 Å². The Kier molecular flexibility index (Phi) is 4.05. The van der Waals surface area contributed by atoms with Crippen molar-refractivity contribution in [1.82, 2.24) is 5.32 Å². The molecule has 1 rings (SSSR count). The van der Waals surface area contributed by atoms with Crippen LogP contribution in [0.25, 0.3) is 0 Å². The first kappa shape index (κ1) is 11.9. The van der Waals surface area contributed by atoms with E-state index in [1.54, 1.807) is 0 Å². The van der Waals surface area contributed by atoms with Gasteiger partial charge >= 0.3 is 0 Å². The number of carbonyl (C=O) groups excluding carboxylic acids is 1. The van der Waals surface area contributed by atoms with E-state index in [4.69, 9.17) is 16.7 Å². The second-order valence-electron chi connectivity index (χ2n) is 3.16. The van der Waals surface area contributed by atoms with Gasteiger partial charge in [-0.15, -0.1) is 0 Å². The van der Waals surface area contributed by atoms with Gasteiger partial charge in [0.2, 0.25) is 0 Å². The van der Waals surface area contributed by atoms with E-state index in [1.807, 2.05) is 0 Å². The van der Waals surface area contributed by atoms with Gasteiger partial charge in [-0.3, -0.25) is 4.79 Å². The summed E-state index contributed by atoms with van der Waals surface area (Å²) >= 11 is 5.68. The van der Waals surface area contributed by atoms with Gasteiger partial charge in [-0.1, -0.05) is 17.7 Å². The van der Waals surface area contributed by atoms with Crippen LogP contribution < -0.4 is 5.32 Å². The summed E-state index contributed by atoms with van der Waals surface area (Å²) < 4.78 is 13.2. The summed E-state index contributed by atoms with van der Waals surface area (Å²) in [4.78, 5) is 11.4. The van der Waals surface area contributed by atoms with Gasteiger partial charge in [-0.25, -0.2) is 4.39 Å². The molecule has 0 saturated heterocycles. The van der Waals surface area contributed by atoms with Crippen LogP contribution in [-0.4, -0.2) is 23.7 Å². The van der Waals surface area contributed by atoms with Gasteiger partial charge in [0.05, 0.1) is 16.7 Å². The highest BCUT2D eigenvalue weighted by Crippen LogP contribution is 2.18. The van der Waals surface area contributed by atoms with Crippen molar-refractivity contribution in [2.75, 3.05) is 6.54 Å². The average Bonchev–Trinajstić information content (AvgIpc) is 2.14. The Bertz CT molecular complexity index is 348. The maximum atomic E-state index is 13.2. The van der Waals surface area contributed by atoms with Gasteiger partial charge < -0.3 is 10.4 Å². The van der Waals surface area contributed by atoms with Crippen molar-refractivity contribution in [2.45, 2.75) is 13.0 Å². The van der Waals surface area contributed by atoms with Crippen molar-refractivity contribution in [3.8, 4) is 0 Å². The maximum Gasteiger partial charge on any atom is 0.255 e. The number of aliphatic hydroxyl groups excluding tert-OH is 1. The molecule has 1 atom stereocenters. The van der Waals surface area contributed by atoms with Crippen LogP contribution in [0.4, 0.5) is 4.39 Å². The van der Waals surface area contributed by atoms with Gasteiger partial charge in [0.15, 0.2) is 0 Å². The van der Waals surface area contributed by atoms with Gasteiger partial charge in [0.25, 0.3) is 5.91 Å². The number of benzene rings is 1. The third kappa shape index (κ3) is 3.18. The zero-order valence-electron chi connectivity index (χ0n) is 8.13. The minimum Gasteiger partial charge on any atom is -0.392 e. The standard InChI is InChI=1S/C10H11ClFNO2/c1-6(14)5-13-10(15)9-7(11)3-2-4-8(9)12/h2-4,6,14H,5H2,1H3,(H,13,15)/t6-/m0/s1. The van der Waals surface area contributed by atoms with Crippen LogP contribution in [0.1, 0.15) is 17.3 Å². The van der Waals surface area contributed by atoms with Crippen molar-refractivity contribution in [1.29, 1.82) is 0 Å². The van der Waals surface area contributed by atoms with E-state index in [0.29, 0.717) is 0 Å². The number of rotatable bonds is 3. The van der Waals surface area contributed by atoms with Crippen molar-refractivity contribution >= 4 is 17.5 Å². The maximum absolute atomic E-state index is 13.2. The first-order valence-electron chi connectivity index (χ1n) is 4.42. The monoisotopic (exact) mass is 231 g/mol. The summed E-state index contributed by atoms with van der Waals surface area (Å²) in [6.07, 6.45) is -0.681. The molecule has 0 aromatic heterocycles. The van der Waals surface area contributed by atoms with Gasteiger partial charge in [0.1, 0.15) is 5.82 Å². The number of hydrogen-bond donors (Lipinski definition) is 2. The van der Waals surface area contributed by atoms with Crippen LogP contribution >= 0.6 is 11.6 Å². The lowest BCUT2D eigenvalue weighted by Crippen LogP contribution is -2.31. The van der Waals surface area contributed by atoms with E-state index in [9.17, 15) is 9.18 Å². The predicted octanol–water partition coefficient (Wildman–Crippen LogP) is 1.59. The molecule has 5 heteroatoms. The van der Waals surface area contributed by atoms with E-state index in [-0.39, 0.29) is 17.1 Å². The molecule has 0 bridgehead atoms. The van der Waals surface area contributed by atoms with Crippen LogP contribution in [0.5, 0.6) is 0 Å². The Labute approximate surface area is 91.9 Å². The van der Waals surface area contributed by atoms with Gasteiger partial charge in [-0.05, 0) is 19.1 Å². The minimum atomic E-state index is -0.681. The van der Waals surface area contributed by atoms with Crippen LogP contribution in [-0.2, 0) is 0 Å². The molecule has 1 aromatic carbocycles. The molecule has 0 heterocycles. The average molecular weight is 232 g/mol. The van der Waals surface area contributed by atoms with E-state index in [0.717, 1.165) is 6.07 Å². The predicted molar refractivity (Wildman–Crippen MR) is 55.4 cm³/mol. The largest absolute Gasteiger partial charge is 0.392 e. The molecule has 1 aromatic rings. The second kappa shape index (κ2) is 5.09. The second-order valence-corrected chi connectivity index (χ2v) is 3.56. The summed E-state index contributed by atoms with van der Waals surface area (Å²) in [5, 5.41) is 11.4. The smallest absolute Gasteiger partial charge is 0.255 e. The molecule has 0 spiro atoms.